The van der Waals surface area contributed by atoms with E-state index in [1.54, 1.807) is 7.11 Å². The first kappa shape index (κ1) is 11.5. The lowest BCUT2D eigenvalue weighted by Gasteiger charge is -2.09. The number of methoxy groups -OCH3 is 1. The number of aromatic nitrogens is 3. The van der Waals surface area contributed by atoms with Crippen LogP contribution in [0, 0.1) is 0 Å². The summed E-state index contributed by atoms with van der Waals surface area (Å²) in [5, 5.41) is 4.42. The van der Waals surface area contributed by atoms with E-state index >= 15 is 0 Å². The summed E-state index contributed by atoms with van der Waals surface area (Å²) < 4.78 is 6.84. The Balaban J connectivity index is 1.95. The van der Waals surface area contributed by atoms with Gasteiger partial charge >= 0.3 is 0 Å². The lowest BCUT2D eigenvalue weighted by atomic mass is 10.1. The van der Waals surface area contributed by atoms with E-state index in [-0.39, 0.29) is 6.04 Å². The summed E-state index contributed by atoms with van der Waals surface area (Å²) in [5.41, 5.74) is 6.09. The van der Waals surface area contributed by atoms with Crippen molar-refractivity contribution in [3.8, 4) is 0 Å². The van der Waals surface area contributed by atoms with Gasteiger partial charge in [0.15, 0.2) is 5.82 Å². The van der Waals surface area contributed by atoms with Gasteiger partial charge in [0, 0.05) is 26.7 Å². The van der Waals surface area contributed by atoms with Crippen LogP contribution in [0.25, 0.3) is 0 Å². The van der Waals surface area contributed by atoms with Crippen LogP contribution in [0.2, 0.25) is 0 Å². The second-order valence-corrected chi connectivity index (χ2v) is 4.47. The molecule has 0 bridgehead atoms. The lowest BCUT2D eigenvalue weighted by molar-refractivity contribution is 0.190. The predicted molar refractivity (Wildman–Crippen MR) is 61.0 cm³/mol. The molecule has 90 valence electrons. The van der Waals surface area contributed by atoms with Crippen molar-refractivity contribution in [3.63, 3.8) is 0 Å². The fraction of sp³-hybridized carbons (Fsp3) is 0.818. The largest absolute Gasteiger partial charge is 0.385 e. The molecule has 5 nitrogen and oxygen atoms in total. The molecular formula is C11H20N4O. The van der Waals surface area contributed by atoms with Crippen LogP contribution in [0.15, 0.2) is 0 Å². The molecule has 1 atom stereocenters. The van der Waals surface area contributed by atoms with Gasteiger partial charge in [-0.25, -0.2) is 4.98 Å². The third-order valence-electron chi connectivity index (χ3n) is 2.95. The number of aryl methyl sites for hydroxylation is 1. The molecule has 16 heavy (non-hydrogen) atoms. The van der Waals surface area contributed by atoms with Crippen LogP contribution in [-0.4, -0.2) is 28.5 Å². The number of nitrogens with zero attached hydrogens (tertiary/aromatic N) is 3. The van der Waals surface area contributed by atoms with Gasteiger partial charge in [-0.2, -0.15) is 5.10 Å². The molecule has 1 heterocycles. The summed E-state index contributed by atoms with van der Waals surface area (Å²) in [4.78, 5) is 4.54. The zero-order valence-electron chi connectivity index (χ0n) is 10.0. The normalized spacial score (nSPS) is 17.7. The average molecular weight is 224 g/mol. The average Bonchev–Trinajstić information content (AvgIpc) is 3.03. The van der Waals surface area contributed by atoms with E-state index in [0.29, 0.717) is 5.92 Å². The molecule has 0 aromatic carbocycles. The molecule has 2 N–H and O–H groups in total. The maximum absolute atomic E-state index is 6.09. The molecule has 5 heteroatoms. The number of ether oxygens (including phenoxy) is 1. The summed E-state index contributed by atoms with van der Waals surface area (Å²) in [6, 6.07) is -0.0276. The molecule has 0 spiro atoms. The second kappa shape index (κ2) is 4.93. The lowest BCUT2D eigenvalue weighted by Crippen LogP contribution is -2.16. The van der Waals surface area contributed by atoms with Gasteiger partial charge in [-0.3, -0.25) is 4.68 Å². The van der Waals surface area contributed by atoms with Crippen molar-refractivity contribution in [2.75, 3.05) is 13.7 Å². The van der Waals surface area contributed by atoms with Crippen LogP contribution in [-0.2, 0) is 11.8 Å². The maximum Gasteiger partial charge on any atom is 0.154 e. The van der Waals surface area contributed by atoms with E-state index in [4.69, 9.17) is 10.5 Å². The smallest absolute Gasteiger partial charge is 0.154 e. The van der Waals surface area contributed by atoms with Crippen molar-refractivity contribution in [1.29, 1.82) is 0 Å². The van der Waals surface area contributed by atoms with Crippen LogP contribution < -0.4 is 5.73 Å². The minimum Gasteiger partial charge on any atom is -0.385 e. The van der Waals surface area contributed by atoms with Gasteiger partial charge in [-0.1, -0.05) is 0 Å². The van der Waals surface area contributed by atoms with Gasteiger partial charge in [0.1, 0.15) is 5.82 Å². The molecule has 0 saturated heterocycles. The number of hydrogen-bond acceptors (Lipinski definition) is 4. The topological polar surface area (TPSA) is 66.0 Å². The van der Waals surface area contributed by atoms with Crippen LogP contribution in [0.1, 0.15) is 49.3 Å². The van der Waals surface area contributed by atoms with Gasteiger partial charge in [-0.15, -0.1) is 0 Å². The molecule has 0 aliphatic heterocycles. The SMILES string of the molecule is COCCCC(N)c1nc(C2CC2)nn1C. The summed E-state index contributed by atoms with van der Waals surface area (Å²) in [7, 11) is 3.63. The maximum atomic E-state index is 6.09. The van der Waals surface area contributed by atoms with Crippen LogP contribution >= 0.6 is 0 Å². The highest BCUT2D eigenvalue weighted by Gasteiger charge is 2.29. The summed E-state index contributed by atoms with van der Waals surface area (Å²) in [5.74, 6) is 2.46. The molecule has 2 rings (SSSR count). The van der Waals surface area contributed by atoms with Gasteiger partial charge < -0.3 is 10.5 Å². The van der Waals surface area contributed by atoms with Crippen molar-refractivity contribution in [2.24, 2.45) is 12.8 Å². The zero-order chi connectivity index (χ0) is 11.5. The third kappa shape index (κ3) is 2.59. The number of rotatable bonds is 6. The summed E-state index contributed by atoms with van der Waals surface area (Å²) in [6.45, 7) is 0.751. The minimum absolute atomic E-state index is 0.0276. The van der Waals surface area contributed by atoms with Gasteiger partial charge in [0.25, 0.3) is 0 Å². The summed E-state index contributed by atoms with van der Waals surface area (Å²) >= 11 is 0. The third-order valence-corrected chi connectivity index (χ3v) is 2.95. The summed E-state index contributed by atoms with van der Waals surface area (Å²) in [6.07, 6.45) is 4.30. The van der Waals surface area contributed by atoms with E-state index in [0.717, 1.165) is 31.1 Å². The molecule has 0 amide bonds. The Hall–Kier alpha value is -0.940. The Labute approximate surface area is 96.0 Å². The van der Waals surface area contributed by atoms with Crippen molar-refractivity contribution in [1.82, 2.24) is 14.8 Å². The van der Waals surface area contributed by atoms with Crippen molar-refractivity contribution >= 4 is 0 Å². The van der Waals surface area contributed by atoms with Gasteiger partial charge in [0.2, 0.25) is 0 Å². The Morgan fingerprint density at radius 1 is 1.56 bits per heavy atom. The molecule has 1 aromatic rings. The first-order chi connectivity index (χ1) is 7.72. The monoisotopic (exact) mass is 224 g/mol. The highest BCUT2D eigenvalue weighted by Crippen LogP contribution is 2.38. The van der Waals surface area contributed by atoms with Crippen molar-refractivity contribution < 1.29 is 4.74 Å². The number of nitrogens with two attached hydrogens (primary N) is 1. The van der Waals surface area contributed by atoms with Crippen molar-refractivity contribution in [2.45, 2.75) is 37.6 Å². The second-order valence-electron chi connectivity index (χ2n) is 4.47. The minimum atomic E-state index is -0.0276. The van der Waals surface area contributed by atoms with Crippen molar-refractivity contribution in [3.05, 3.63) is 11.6 Å². The van der Waals surface area contributed by atoms with Crippen LogP contribution in [0.4, 0.5) is 0 Å². The Bertz CT molecular complexity index is 346. The first-order valence-corrected chi connectivity index (χ1v) is 5.87. The van der Waals surface area contributed by atoms with E-state index < -0.39 is 0 Å². The first-order valence-electron chi connectivity index (χ1n) is 5.87. The molecule has 1 aliphatic rings. The zero-order valence-corrected chi connectivity index (χ0v) is 10.0. The Morgan fingerprint density at radius 3 is 2.94 bits per heavy atom. The molecule has 1 aromatic heterocycles. The molecule has 0 radical (unpaired) electrons. The van der Waals surface area contributed by atoms with E-state index in [1.807, 2.05) is 11.7 Å². The quantitative estimate of drug-likeness (QED) is 0.735. The fourth-order valence-electron chi connectivity index (χ4n) is 1.83. The highest BCUT2D eigenvalue weighted by molar-refractivity contribution is 5.07. The number of hydrogen-bond donors (Lipinski definition) is 1. The van der Waals surface area contributed by atoms with E-state index in [9.17, 15) is 0 Å². The Morgan fingerprint density at radius 2 is 2.31 bits per heavy atom. The highest BCUT2D eigenvalue weighted by atomic mass is 16.5. The molecule has 1 saturated carbocycles. The van der Waals surface area contributed by atoms with Crippen LogP contribution in [0.3, 0.4) is 0 Å². The van der Waals surface area contributed by atoms with Gasteiger partial charge in [0.05, 0.1) is 6.04 Å². The molecular weight excluding hydrogens is 204 g/mol. The van der Waals surface area contributed by atoms with Gasteiger partial charge in [-0.05, 0) is 25.7 Å². The molecule has 1 fully saturated rings. The van der Waals surface area contributed by atoms with E-state index in [2.05, 4.69) is 10.1 Å². The molecule has 1 aliphatic carbocycles. The molecule has 1 unspecified atom stereocenters. The Kier molecular flexibility index (Phi) is 3.56. The van der Waals surface area contributed by atoms with Crippen LogP contribution in [0.5, 0.6) is 0 Å². The standard InChI is InChI=1S/C11H20N4O/c1-15-11(9(12)4-3-7-16-2)13-10(14-15)8-5-6-8/h8-9H,3-7,12H2,1-2H3. The fourth-order valence-corrected chi connectivity index (χ4v) is 1.83. The predicted octanol–water partition coefficient (Wildman–Crippen LogP) is 1.12. The van der Waals surface area contributed by atoms with E-state index in [1.165, 1.54) is 12.8 Å².